The number of methoxy groups -OCH3 is 1. The molecule has 18 heteroatoms. The van der Waals surface area contributed by atoms with E-state index in [0.29, 0.717) is 0 Å². The summed E-state index contributed by atoms with van der Waals surface area (Å²) in [5.74, 6) is -1.17. The Morgan fingerprint density at radius 2 is 1.61 bits per heavy atom. The SMILES string of the molecule is COc1cc(S(=O)(=O)CCOS(=O)(=O)O)c(C)cc1/N=N/c1c(C)nn(-c2ccc(S(=O)(=O)O)cc2)c1O. The number of hydrogen-bond donors (Lipinski definition) is 3. The largest absolute Gasteiger partial charge is 0.494 e. The molecule has 3 N–H and O–H groups in total. The van der Waals surface area contributed by atoms with E-state index in [1.54, 1.807) is 0 Å². The van der Waals surface area contributed by atoms with Crippen molar-refractivity contribution in [1.29, 1.82) is 0 Å². The Morgan fingerprint density at radius 3 is 2.16 bits per heavy atom. The van der Waals surface area contributed by atoms with E-state index in [2.05, 4.69) is 19.5 Å². The third-order valence-electron chi connectivity index (χ3n) is 5.04. The zero-order valence-corrected chi connectivity index (χ0v) is 22.4. The highest BCUT2D eigenvalue weighted by Crippen LogP contribution is 2.37. The summed E-state index contributed by atoms with van der Waals surface area (Å²) in [6.45, 7) is 2.20. The lowest BCUT2D eigenvalue weighted by molar-refractivity contribution is 0.284. The standard InChI is InChI=1S/C20H22N4O11S3/c1-12-10-16(17(34-3)11-18(12)36(26,27)9-8-35-38(31,32)33)21-22-19-13(2)23-24(20(19)25)14-4-6-15(7-5-14)37(28,29)30/h4-7,10-11,25H,8-9H2,1-3H3,(H,28,29,30)(H,31,32,33)/b22-21+. The number of aromatic hydroxyl groups is 1. The number of aryl methyl sites for hydroxylation is 2. The van der Waals surface area contributed by atoms with E-state index in [1.165, 1.54) is 45.2 Å². The monoisotopic (exact) mass is 590 g/mol. The van der Waals surface area contributed by atoms with E-state index in [1.807, 2.05) is 0 Å². The number of benzene rings is 2. The number of rotatable bonds is 10. The lowest BCUT2D eigenvalue weighted by Gasteiger charge is -2.11. The van der Waals surface area contributed by atoms with Gasteiger partial charge in [-0.1, -0.05) is 0 Å². The van der Waals surface area contributed by atoms with Gasteiger partial charge in [0.05, 0.1) is 40.6 Å². The Labute approximate surface area is 218 Å². The van der Waals surface area contributed by atoms with E-state index >= 15 is 0 Å². The van der Waals surface area contributed by atoms with Gasteiger partial charge in [0.1, 0.15) is 11.4 Å². The molecule has 3 rings (SSSR count). The number of sulfone groups is 1. The highest BCUT2D eigenvalue weighted by atomic mass is 32.3. The maximum atomic E-state index is 12.6. The molecular weight excluding hydrogens is 568 g/mol. The third-order valence-corrected chi connectivity index (χ3v) is 8.18. The number of ether oxygens (including phenoxy) is 1. The highest BCUT2D eigenvalue weighted by molar-refractivity contribution is 7.91. The zero-order valence-electron chi connectivity index (χ0n) is 20.0. The fourth-order valence-corrected chi connectivity index (χ4v) is 5.50. The molecule has 0 atom stereocenters. The van der Waals surface area contributed by atoms with Gasteiger partial charge in [0.15, 0.2) is 15.5 Å². The van der Waals surface area contributed by atoms with Gasteiger partial charge >= 0.3 is 10.4 Å². The predicted octanol–water partition coefficient (Wildman–Crippen LogP) is 2.46. The molecule has 0 saturated heterocycles. The van der Waals surface area contributed by atoms with Crippen molar-refractivity contribution in [2.45, 2.75) is 23.6 Å². The van der Waals surface area contributed by atoms with Gasteiger partial charge in [-0.3, -0.25) is 9.11 Å². The first-order chi connectivity index (χ1) is 17.5. The Kier molecular flexibility index (Phi) is 8.24. The van der Waals surface area contributed by atoms with Crippen molar-refractivity contribution in [2.24, 2.45) is 10.2 Å². The summed E-state index contributed by atoms with van der Waals surface area (Å²) in [5.41, 5.74) is 0.797. The minimum absolute atomic E-state index is 0.000964. The van der Waals surface area contributed by atoms with Crippen molar-refractivity contribution < 1.29 is 48.4 Å². The maximum absolute atomic E-state index is 12.6. The topological polar surface area (TPSA) is 224 Å². The first-order valence-electron chi connectivity index (χ1n) is 10.3. The molecule has 0 aliphatic carbocycles. The van der Waals surface area contributed by atoms with Gasteiger partial charge in [0, 0.05) is 6.07 Å². The molecule has 38 heavy (non-hydrogen) atoms. The summed E-state index contributed by atoms with van der Waals surface area (Å²) < 4.78 is 97.2. The van der Waals surface area contributed by atoms with Crippen LogP contribution in [0.2, 0.25) is 0 Å². The molecule has 2 aromatic carbocycles. The van der Waals surface area contributed by atoms with Crippen LogP contribution in [-0.4, -0.2) is 68.7 Å². The van der Waals surface area contributed by atoms with Crippen LogP contribution in [0.5, 0.6) is 11.6 Å². The van der Waals surface area contributed by atoms with Gasteiger partial charge in [0.2, 0.25) is 5.88 Å². The van der Waals surface area contributed by atoms with Crippen molar-refractivity contribution in [3.8, 4) is 17.3 Å². The van der Waals surface area contributed by atoms with Crippen LogP contribution in [0, 0.1) is 13.8 Å². The number of azo groups is 1. The van der Waals surface area contributed by atoms with Gasteiger partial charge in [0.25, 0.3) is 10.1 Å². The molecule has 3 aromatic rings. The molecule has 0 aliphatic rings. The molecule has 0 radical (unpaired) electrons. The summed E-state index contributed by atoms with van der Waals surface area (Å²) in [6.07, 6.45) is 0. The molecule has 0 fully saturated rings. The molecule has 0 aliphatic heterocycles. The lowest BCUT2D eigenvalue weighted by atomic mass is 10.2. The summed E-state index contributed by atoms with van der Waals surface area (Å²) in [5, 5.41) is 22.8. The summed E-state index contributed by atoms with van der Waals surface area (Å²) in [4.78, 5) is -0.532. The van der Waals surface area contributed by atoms with Crippen molar-refractivity contribution in [3.63, 3.8) is 0 Å². The van der Waals surface area contributed by atoms with Crippen LogP contribution in [0.1, 0.15) is 11.3 Å². The van der Waals surface area contributed by atoms with Crippen LogP contribution in [-0.2, 0) is 34.5 Å². The van der Waals surface area contributed by atoms with Crippen LogP contribution < -0.4 is 4.74 Å². The number of aromatic nitrogens is 2. The van der Waals surface area contributed by atoms with E-state index in [9.17, 15) is 30.4 Å². The molecule has 0 amide bonds. The Morgan fingerprint density at radius 1 is 0.974 bits per heavy atom. The molecule has 0 spiro atoms. The van der Waals surface area contributed by atoms with E-state index in [-0.39, 0.29) is 43.9 Å². The smallest absolute Gasteiger partial charge is 0.397 e. The predicted molar refractivity (Wildman–Crippen MR) is 131 cm³/mol. The second kappa shape index (κ2) is 10.8. The summed E-state index contributed by atoms with van der Waals surface area (Å²) >= 11 is 0. The second-order valence-corrected chi connectivity index (χ2v) is 12.3. The van der Waals surface area contributed by atoms with E-state index < -0.39 is 48.6 Å². The first kappa shape index (κ1) is 29.1. The average Bonchev–Trinajstić information content (AvgIpc) is 3.09. The summed E-state index contributed by atoms with van der Waals surface area (Å²) in [7, 11) is -12.0. The van der Waals surface area contributed by atoms with Gasteiger partial charge in [-0.2, -0.15) is 26.6 Å². The minimum atomic E-state index is -4.80. The maximum Gasteiger partial charge on any atom is 0.397 e. The van der Waals surface area contributed by atoms with Crippen LogP contribution in [0.25, 0.3) is 5.69 Å². The van der Waals surface area contributed by atoms with Crippen molar-refractivity contribution in [1.82, 2.24) is 9.78 Å². The van der Waals surface area contributed by atoms with Gasteiger partial charge in [-0.25, -0.2) is 12.6 Å². The number of hydrogen-bond acceptors (Lipinski definition) is 12. The molecule has 1 heterocycles. The average molecular weight is 591 g/mol. The Balaban J connectivity index is 1.92. The first-order valence-corrected chi connectivity index (χ1v) is 14.8. The molecule has 206 valence electrons. The lowest BCUT2D eigenvalue weighted by Crippen LogP contribution is -2.16. The van der Waals surface area contributed by atoms with Crippen LogP contribution in [0.15, 0.2) is 56.4 Å². The molecule has 0 unspecified atom stereocenters. The highest BCUT2D eigenvalue weighted by Gasteiger charge is 2.22. The molecule has 15 nitrogen and oxygen atoms in total. The fraction of sp³-hybridized carbons (Fsp3) is 0.250. The fourth-order valence-electron chi connectivity index (χ4n) is 3.26. The van der Waals surface area contributed by atoms with Crippen molar-refractivity contribution in [3.05, 3.63) is 47.7 Å². The van der Waals surface area contributed by atoms with Crippen LogP contribution >= 0.6 is 0 Å². The van der Waals surface area contributed by atoms with Crippen LogP contribution in [0.3, 0.4) is 0 Å². The van der Waals surface area contributed by atoms with Gasteiger partial charge in [-0.15, -0.1) is 10.2 Å². The van der Waals surface area contributed by atoms with Crippen molar-refractivity contribution in [2.75, 3.05) is 19.5 Å². The molecule has 0 bridgehead atoms. The Hall–Kier alpha value is -3.42. The molecule has 0 saturated carbocycles. The summed E-state index contributed by atoms with van der Waals surface area (Å²) in [6, 6.07) is 7.38. The van der Waals surface area contributed by atoms with Gasteiger partial charge < -0.3 is 9.84 Å². The normalized spacial score (nSPS) is 12.8. The molecule has 1 aromatic heterocycles. The number of nitrogens with zero attached hydrogens (tertiary/aromatic N) is 4. The quantitative estimate of drug-likeness (QED) is 0.229. The Bertz CT molecular complexity index is 1710. The van der Waals surface area contributed by atoms with Crippen LogP contribution in [0.4, 0.5) is 11.4 Å². The minimum Gasteiger partial charge on any atom is -0.494 e. The van der Waals surface area contributed by atoms with E-state index in [0.717, 1.165) is 16.8 Å². The third kappa shape index (κ3) is 6.71. The van der Waals surface area contributed by atoms with E-state index in [4.69, 9.17) is 13.8 Å². The zero-order chi connectivity index (χ0) is 28.5. The van der Waals surface area contributed by atoms with Gasteiger partial charge in [-0.05, 0) is 49.7 Å². The molecular formula is C20H22N4O11S3. The second-order valence-electron chi connectivity index (χ2n) is 7.70. The van der Waals surface area contributed by atoms with Crippen molar-refractivity contribution >= 4 is 41.7 Å².